The fourth-order valence-corrected chi connectivity index (χ4v) is 14.6. The van der Waals surface area contributed by atoms with E-state index in [9.17, 15) is 0 Å². The molecule has 2 aliphatic heterocycles. The number of aryl methyl sites for hydroxylation is 1. The molecule has 10 aromatic rings. The van der Waals surface area contributed by atoms with Gasteiger partial charge in [0, 0.05) is 70.5 Å². The summed E-state index contributed by atoms with van der Waals surface area (Å²) in [5, 5.41) is 4.92. The number of para-hydroxylation sites is 1. The molecule has 70 heavy (non-hydrogen) atoms. The molecule has 5 heteroatoms. The molecular formula is C65H59BN2OS. The summed E-state index contributed by atoms with van der Waals surface area (Å²) in [4.78, 5) is 5.44. The van der Waals surface area contributed by atoms with Crippen LogP contribution in [-0.2, 0) is 21.7 Å². The van der Waals surface area contributed by atoms with Crippen molar-refractivity contribution in [2.45, 2.75) is 110 Å². The molecule has 0 fully saturated rings. The van der Waals surface area contributed by atoms with Crippen LogP contribution in [0, 0.1) is 6.92 Å². The Labute approximate surface area is 416 Å². The first-order chi connectivity index (χ1) is 33.6. The summed E-state index contributed by atoms with van der Waals surface area (Å²) in [6, 6.07) is 56.1. The molecule has 0 bridgehead atoms. The number of hydrogen-bond donors (Lipinski definition) is 0. The minimum Gasteiger partial charge on any atom is -0.455 e. The standard InChI is InChI=1S/C65H59BN2OS/c1-38-33-47-49(65(8,9)32-31-63(47,4)5)37-52(38)67-51-27-23-40(39-17-11-10-12-18-39)34-50(51)66-59-53(67)36-45-42-19-13-15-21-54(42)69-61(45)58(59)44-25-28-56-57(43-20-14-16-22-55(43)70-56)60(44)68(66)41-24-26-46-48(35-41)64(6,7)30-29-62(46,2)3/h10-28,33-37H,29-32H2,1-9H3. The van der Waals surface area contributed by atoms with Gasteiger partial charge in [-0.25, -0.2) is 0 Å². The summed E-state index contributed by atoms with van der Waals surface area (Å²) in [7, 11) is 0. The van der Waals surface area contributed by atoms with Gasteiger partial charge in [-0.1, -0.05) is 152 Å². The Morgan fingerprint density at radius 1 is 0.514 bits per heavy atom. The number of hydrogen-bond acceptors (Lipinski definition) is 4. The molecule has 0 saturated heterocycles. The normalized spacial score (nSPS) is 17.9. The van der Waals surface area contributed by atoms with Gasteiger partial charge in [-0.05, 0) is 153 Å². The van der Waals surface area contributed by atoms with Crippen LogP contribution in [-0.4, -0.2) is 6.85 Å². The molecule has 2 aliphatic carbocycles. The van der Waals surface area contributed by atoms with E-state index in [0.717, 1.165) is 34.8 Å². The van der Waals surface area contributed by atoms with Crippen LogP contribution in [0.1, 0.15) is 109 Å². The van der Waals surface area contributed by atoms with Gasteiger partial charge < -0.3 is 14.1 Å². The van der Waals surface area contributed by atoms with Gasteiger partial charge >= 0.3 is 6.85 Å². The van der Waals surface area contributed by atoms with Crippen LogP contribution < -0.4 is 20.6 Å². The van der Waals surface area contributed by atoms with Gasteiger partial charge in [-0.2, -0.15) is 0 Å². The first-order valence-corrected chi connectivity index (χ1v) is 26.4. The Balaban J connectivity index is 1.17. The van der Waals surface area contributed by atoms with E-state index in [4.69, 9.17) is 4.42 Å². The maximum atomic E-state index is 7.26. The molecule has 2 aromatic heterocycles. The number of rotatable bonds is 3. The van der Waals surface area contributed by atoms with Crippen molar-refractivity contribution < 1.29 is 4.42 Å². The average Bonchev–Trinajstić information content (AvgIpc) is 3.93. The topological polar surface area (TPSA) is 19.6 Å². The largest absolute Gasteiger partial charge is 0.455 e. The quantitative estimate of drug-likeness (QED) is 0.165. The molecule has 0 spiro atoms. The second-order valence-corrected chi connectivity index (χ2v) is 24.9. The molecule has 8 aromatic carbocycles. The van der Waals surface area contributed by atoms with Crippen LogP contribution in [0.15, 0.2) is 150 Å². The third-order valence-corrected chi connectivity index (χ3v) is 18.8. The van der Waals surface area contributed by atoms with Gasteiger partial charge in [-0.15, -0.1) is 11.3 Å². The smallest absolute Gasteiger partial charge is 0.333 e. The van der Waals surface area contributed by atoms with Crippen LogP contribution >= 0.6 is 11.3 Å². The monoisotopic (exact) mass is 926 g/mol. The second kappa shape index (κ2) is 14.3. The summed E-state index contributed by atoms with van der Waals surface area (Å²) in [6.07, 6.45) is 4.66. The van der Waals surface area contributed by atoms with Gasteiger partial charge in [0.25, 0.3) is 0 Å². The van der Waals surface area contributed by atoms with Crippen molar-refractivity contribution in [3.05, 3.63) is 173 Å². The van der Waals surface area contributed by atoms with Crippen molar-refractivity contribution in [2.24, 2.45) is 0 Å². The van der Waals surface area contributed by atoms with Crippen molar-refractivity contribution in [3.63, 3.8) is 0 Å². The number of furan rings is 1. The molecule has 0 N–H and O–H groups in total. The molecule has 0 amide bonds. The zero-order chi connectivity index (χ0) is 47.8. The number of fused-ring (bicyclic) bond motifs is 14. The van der Waals surface area contributed by atoms with Gasteiger partial charge in [0.1, 0.15) is 11.2 Å². The summed E-state index contributed by atoms with van der Waals surface area (Å²) in [6.45, 7) is 21.8. The summed E-state index contributed by atoms with van der Waals surface area (Å²) in [5.74, 6) is 0. The zero-order valence-corrected chi connectivity index (χ0v) is 42.8. The molecule has 4 aliphatic rings. The Hall–Kier alpha value is -6.56. The van der Waals surface area contributed by atoms with E-state index in [0.29, 0.717) is 0 Å². The van der Waals surface area contributed by atoms with Gasteiger partial charge in [0.2, 0.25) is 0 Å². The number of thiophene rings is 1. The third-order valence-electron chi connectivity index (χ3n) is 17.7. The predicted molar refractivity (Wildman–Crippen MR) is 301 cm³/mol. The molecular weight excluding hydrogens is 868 g/mol. The Morgan fingerprint density at radius 3 is 1.93 bits per heavy atom. The summed E-state index contributed by atoms with van der Waals surface area (Å²) >= 11 is 1.91. The van der Waals surface area contributed by atoms with Crippen LogP contribution in [0.3, 0.4) is 0 Å². The highest BCUT2D eigenvalue weighted by atomic mass is 32.1. The average molecular weight is 927 g/mol. The third kappa shape index (κ3) is 5.82. The maximum absolute atomic E-state index is 7.26. The van der Waals surface area contributed by atoms with Gasteiger partial charge in [0.15, 0.2) is 0 Å². The molecule has 0 atom stereocenters. The molecule has 3 nitrogen and oxygen atoms in total. The highest BCUT2D eigenvalue weighted by Gasteiger charge is 2.49. The lowest BCUT2D eigenvalue weighted by molar-refractivity contribution is 0.332. The van der Waals surface area contributed by atoms with Crippen molar-refractivity contribution >= 4 is 99.7 Å². The molecule has 0 saturated carbocycles. The van der Waals surface area contributed by atoms with Crippen molar-refractivity contribution in [2.75, 3.05) is 9.71 Å². The Bertz CT molecular complexity index is 3890. The van der Waals surface area contributed by atoms with E-state index in [-0.39, 0.29) is 28.5 Å². The Kier molecular flexibility index (Phi) is 8.64. The summed E-state index contributed by atoms with van der Waals surface area (Å²) < 4.78 is 9.87. The second-order valence-electron chi connectivity index (χ2n) is 23.8. The van der Waals surface area contributed by atoms with Crippen molar-refractivity contribution in [3.8, 4) is 22.3 Å². The fraction of sp³-hybridized carbons (Fsp3) is 0.262. The summed E-state index contributed by atoms with van der Waals surface area (Å²) in [5.41, 5.74) is 23.0. The molecule has 0 radical (unpaired) electrons. The van der Waals surface area contributed by atoms with E-state index in [1.165, 1.54) is 122 Å². The maximum Gasteiger partial charge on any atom is 0.333 e. The molecule has 14 rings (SSSR count). The van der Waals surface area contributed by atoms with Gasteiger partial charge in [-0.3, -0.25) is 0 Å². The molecule has 4 heterocycles. The van der Waals surface area contributed by atoms with Gasteiger partial charge in [0.05, 0.1) is 0 Å². The number of nitrogens with zero attached hydrogens (tertiary/aromatic N) is 2. The molecule has 344 valence electrons. The first-order valence-electron chi connectivity index (χ1n) is 25.6. The SMILES string of the molecule is Cc1cc2c(cc1N1c3ccc(-c4ccccc4)cc3B3c4c1cc1c(oc5ccccc51)c4-c1ccc4sc5ccccc5c4c1N3c1ccc3c(c1)C(C)(C)CCC3(C)C)C(C)(C)CCC2(C)C. The number of anilines is 5. The van der Waals surface area contributed by atoms with E-state index >= 15 is 0 Å². The van der Waals surface area contributed by atoms with Crippen LogP contribution in [0.25, 0.3) is 64.4 Å². The lowest BCUT2D eigenvalue weighted by Crippen LogP contribution is -2.61. The highest BCUT2D eigenvalue weighted by molar-refractivity contribution is 7.26. The van der Waals surface area contributed by atoms with E-state index in [1.54, 1.807) is 0 Å². The lowest BCUT2D eigenvalue weighted by Gasteiger charge is -2.48. The van der Waals surface area contributed by atoms with E-state index < -0.39 is 0 Å². The lowest BCUT2D eigenvalue weighted by atomic mass is 9.43. The zero-order valence-electron chi connectivity index (χ0n) is 42.0. The minimum absolute atomic E-state index is 0.0259. The van der Waals surface area contributed by atoms with Crippen molar-refractivity contribution in [1.29, 1.82) is 0 Å². The van der Waals surface area contributed by atoms with E-state index in [2.05, 4.69) is 218 Å². The van der Waals surface area contributed by atoms with E-state index in [1.807, 2.05) is 11.3 Å². The predicted octanol–water partition coefficient (Wildman–Crippen LogP) is 17.3. The highest BCUT2D eigenvalue weighted by Crippen LogP contribution is 2.57. The first kappa shape index (κ1) is 42.3. The van der Waals surface area contributed by atoms with Crippen LogP contribution in [0.2, 0.25) is 0 Å². The van der Waals surface area contributed by atoms with Crippen molar-refractivity contribution in [1.82, 2.24) is 0 Å². The van der Waals surface area contributed by atoms with Crippen LogP contribution in [0.5, 0.6) is 0 Å². The van der Waals surface area contributed by atoms with Crippen LogP contribution in [0.4, 0.5) is 28.4 Å². The minimum atomic E-state index is -0.194. The fourth-order valence-electron chi connectivity index (χ4n) is 13.5. The molecule has 0 unspecified atom stereocenters. The number of benzene rings is 8. The Morgan fingerprint density at radius 2 is 1.17 bits per heavy atom.